The van der Waals surface area contributed by atoms with Gasteiger partial charge in [-0.1, -0.05) is 0 Å². The lowest BCUT2D eigenvalue weighted by Gasteiger charge is -2.28. The SMILES string of the molecule is N#CC1(Oc2ccc(F)cc2)C=CC2=C(O)C(C(=O)NCC(C(=O)O)C3CC3)=NCC2=C1. The highest BCUT2D eigenvalue weighted by Crippen LogP contribution is 2.37. The second-order valence-electron chi connectivity index (χ2n) is 7.88. The van der Waals surface area contributed by atoms with Crippen molar-refractivity contribution in [2.24, 2.45) is 16.8 Å². The summed E-state index contributed by atoms with van der Waals surface area (Å²) in [5.41, 5.74) is -0.849. The highest BCUT2D eigenvalue weighted by Gasteiger charge is 2.38. The van der Waals surface area contributed by atoms with Crippen LogP contribution in [-0.4, -0.2) is 46.5 Å². The molecule has 2 aliphatic carbocycles. The topological polar surface area (TPSA) is 132 Å². The van der Waals surface area contributed by atoms with E-state index in [4.69, 9.17) is 4.74 Å². The Morgan fingerprint density at radius 3 is 2.69 bits per heavy atom. The Balaban J connectivity index is 1.49. The molecule has 3 N–H and O–H groups in total. The van der Waals surface area contributed by atoms with Crippen LogP contribution in [0.25, 0.3) is 0 Å². The summed E-state index contributed by atoms with van der Waals surface area (Å²) in [6.45, 7) is -0.0181. The fourth-order valence-corrected chi connectivity index (χ4v) is 3.70. The monoisotopic (exact) mass is 437 g/mol. The molecule has 0 bridgehead atoms. The van der Waals surface area contributed by atoms with Gasteiger partial charge in [0.15, 0.2) is 11.5 Å². The van der Waals surface area contributed by atoms with Crippen LogP contribution >= 0.6 is 0 Å². The molecule has 0 radical (unpaired) electrons. The van der Waals surface area contributed by atoms with E-state index < -0.39 is 29.2 Å². The maximum absolute atomic E-state index is 13.1. The molecule has 8 nitrogen and oxygen atoms in total. The maximum atomic E-state index is 13.1. The van der Waals surface area contributed by atoms with Crippen molar-refractivity contribution >= 4 is 17.6 Å². The summed E-state index contributed by atoms with van der Waals surface area (Å²) < 4.78 is 18.9. The van der Waals surface area contributed by atoms with Gasteiger partial charge in [-0.25, -0.2) is 4.39 Å². The van der Waals surface area contributed by atoms with Crippen LogP contribution in [0.2, 0.25) is 0 Å². The van der Waals surface area contributed by atoms with Gasteiger partial charge in [0, 0.05) is 12.1 Å². The number of carbonyl (C=O) groups is 2. The van der Waals surface area contributed by atoms with E-state index in [0.717, 1.165) is 12.8 Å². The van der Waals surface area contributed by atoms with Gasteiger partial charge < -0.3 is 20.3 Å². The molecule has 1 amide bonds. The number of fused-ring (bicyclic) bond motifs is 1. The van der Waals surface area contributed by atoms with Crippen molar-refractivity contribution in [1.29, 1.82) is 5.26 Å². The van der Waals surface area contributed by atoms with Gasteiger partial charge >= 0.3 is 5.97 Å². The second kappa shape index (κ2) is 8.30. The number of nitrogens with one attached hydrogen (secondary N) is 1. The second-order valence-corrected chi connectivity index (χ2v) is 7.88. The molecule has 2 atom stereocenters. The summed E-state index contributed by atoms with van der Waals surface area (Å²) in [6.07, 6.45) is 6.04. The molecule has 3 aliphatic rings. The van der Waals surface area contributed by atoms with Crippen LogP contribution in [0, 0.1) is 29.0 Å². The molecule has 1 aromatic rings. The lowest BCUT2D eigenvalue weighted by molar-refractivity contribution is -0.142. The lowest BCUT2D eigenvalue weighted by atomic mass is 9.87. The Labute approximate surface area is 183 Å². The number of amides is 1. The van der Waals surface area contributed by atoms with E-state index in [1.165, 1.54) is 42.5 Å². The number of dihydropyridines is 1. The van der Waals surface area contributed by atoms with Crippen LogP contribution in [0.4, 0.5) is 4.39 Å². The quantitative estimate of drug-likeness (QED) is 0.600. The van der Waals surface area contributed by atoms with Gasteiger partial charge in [0.05, 0.1) is 12.5 Å². The first-order valence-corrected chi connectivity index (χ1v) is 10.1. The van der Waals surface area contributed by atoms with Gasteiger partial charge in [-0.2, -0.15) is 5.26 Å². The number of rotatable bonds is 7. The van der Waals surface area contributed by atoms with Gasteiger partial charge in [0.1, 0.15) is 17.6 Å². The summed E-state index contributed by atoms with van der Waals surface area (Å²) in [5, 5.41) is 32.1. The van der Waals surface area contributed by atoms with Crippen molar-refractivity contribution < 1.29 is 28.9 Å². The van der Waals surface area contributed by atoms with E-state index in [1.807, 2.05) is 0 Å². The van der Waals surface area contributed by atoms with Crippen LogP contribution in [0.1, 0.15) is 12.8 Å². The molecule has 0 spiro atoms. The average Bonchev–Trinajstić information content (AvgIpc) is 3.60. The Hall–Kier alpha value is -3.93. The number of aliphatic carboxylic acids is 1. The molecule has 0 aromatic heterocycles. The summed E-state index contributed by atoms with van der Waals surface area (Å²) in [5.74, 6) is -2.73. The Morgan fingerprint density at radius 1 is 1.34 bits per heavy atom. The van der Waals surface area contributed by atoms with Gasteiger partial charge in [0.25, 0.3) is 5.91 Å². The number of carboxylic acid groups (broad SMARTS) is 1. The first-order chi connectivity index (χ1) is 15.3. The van der Waals surface area contributed by atoms with Crippen LogP contribution in [-0.2, 0) is 9.59 Å². The number of allylic oxidation sites excluding steroid dienone is 1. The molecule has 9 heteroatoms. The minimum atomic E-state index is -1.48. The average molecular weight is 437 g/mol. The molecular weight excluding hydrogens is 417 g/mol. The van der Waals surface area contributed by atoms with E-state index in [2.05, 4.69) is 16.4 Å². The van der Waals surface area contributed by atoms with Crippen molar-refractivity contribution in [2.45, 2.75) is 18.4 Å². The summed E-state index contributed by atoms with van der Waals surface area (Å²) >= 11 is 0. The minimum absolute atomic E-state index is 0.0215. The van der Waals surface area contributed by atoms with Gasteiger partial charge in [-0.15, -0.1) is 0 Å². The highest BCUT2D eigenvalue weighted by molar-refractivity contribution is 6.45. The number of halogens is 1. The fourth-order valence-electron chi connectivity index (χ4n) is 3.70. The number of nitrogens with zero attached hydrogens (tertiary/aromatic N) is 2. The summed E-state index contributed by atoms with van der Waals surface area (Å²) in [6, 6.07) is 7.28. The van der Waals surface area contributed by atoms with Crippen molar-refractivity contribution in [3.05, 3.63) is 65.2 Å². The standard InChI is InChI=1S/C23H20FN3O5/c24-15-3-5-16(6-4-15)32-23(12-25)8-7-17-14(9-23)10-26-19(20(17)28)21(29)27-11-18(22(30)31)13-1-2-13/h3-9,13,18,28H,1-2,10-11H2,(H,27,29)(H,30,31). The Kier molecular flexibility index (Phi) is 5.53. The van der Waals surface area contributed by atoms with E-state index >= 15 is 0 Å². The van der Waals surface area contributed by atoms with Gasteiger partial charge in [0.2, 0.25) is 5.60 Å². The smallest absolute Gasteiger partial charge is 0.308 e. The third-order valence-corrected chi connectivity index (χ3v) is 5.60. The van der Waals surface area contributed by atoms with Crippen molar-refractivity contribution in [1.82, 2.24) is 5.32 Å². The third-order valence-electron chi connectivity index (χ3n) is 5.60. The van der Waals surface area contributed by atoms with E-state index in [9.17, 15) is 29.5 Å². The lowest BCUT2D eigenvalue weighted by Crippen LogP contribution is -2.40. The molecular formula is C23H20FN3O5. The number of carbonyl (C=O) groups excluding carboxylic acids is 1. The highest BCUT2D eigenvalue weighted by atomic mass is 19.1. The predicted octanol–water partition coefficient (Wildman–Crippen LogP) is 2.46. The molecule has 0 saturated heterocycles. The zero-order valence-corrected chi connectivity index (χ0v) is 16.9. The predicted molar refractivity (Wildman–Crippen MR) is 111 cm³/mol. The molecule has 4 rings (SSSR count). The van der Waals surface area contributed by atoms with Gasteiger partial charge in [-0.05, 0) is 66.8 Å². The van der Waals surface area contributed by atoms with Crippen LogP contribution in [0.3, 0.4) is 0 Å². The molecule has 1 fully saturated rings. The number of aliphatic hydroxyl groups is 1. The Morgan fingerprint density at radius 2 is 2.06 bits per heavy atom. The minimum Gasteiger partial charge on any atom is -0.505 e. The molecule has 1 saturated carbocycles. The number of hydrogen-bond donors (Lipinski definition) is 3. The number of nitriles is 1. The number of aliphatic imine (C=N–C) groups is 1. The third kappa shape index (κ3) is 4.25. The molecule has 164 valence electrons. The summed E-state index contributed by atoms with van der Waals surface area (Å²) in [4.78, 5) is 28.0. The zero-order valence-electron chi connectivity index (χ0n) is 16.9. The Bertz CT molecular complexity index is 1130. The zero-order chi connectivity index (χ0) is 22.9. The van der Waals surface area contributed by atoms with E-state index in [-0.39, 0.29) is 36.2 Å². The van der Waals surface area contributed by atoms with E-state index in [0.29, 0.717) is 11.1 Å². The molecule has 32 heavy (non-hydrogen) atoms. The molecule has 1 aromatic carbocycles. The fraction of sp³-hybridized carbons (Fsp3) is 0.304. The largest absolute Gasteiger partial charge is 0.505 e. The van der Waals surface area contributed by atoms with Crippen LogP contribution in [0.15, 0.2) is 64.4 Å². The first kappa shape index (κ1) is 21.3. The normalized spacial score (nSPS) is 22.8. The number of carboxylic acids is 1. The number of benzene rings is 1. The van der Waals surface area contributed by atoms with Crippen molar-refractivity contribution in [3.8, 4) is 11.8 Å². The molecule has 2 unspecified atom stereocenters. The van der Waals surface area contributed by atoms with E-state index in [1.54, 1.807) is 0 Å². The maximum Gasteiger partial charge on any atom is 0.308 e. The molecule has 1 heterocycles. The number of aliphatic hydroxyl groups excluding tert-OH is 1. The number of ether oxygens (including phenoxy) is 1. The first-order valence-electron chi connectivity index (χ1n) is 10.1. The molecule has 1 aliphatic heterocycles. The van der Waals surface area contributed by atoms with Crippen LogP contribution in [0.5, 0.6) is 5.75 Å². The van der Waals surface area contributed by atoms with Crippen molar-refractivity contribution in [3.63, 3.8) is 0 Å². The summed E-state index contributed by atoms with van der Waals surface area (Å²) in [7, 11) is 0. The van der Waals surface area contributed by atoms with Crippen molar-refractivity contribution in [2.75, 3.05) is 13.1 Å². The van der Waals surface area contributed by atoms with Gasteiger partial charge in [-0.3, -0.25) is 14.6 Å². The van der Waals surface area contributed by atoms with Crippen LogP contribution < -0.4 is 10.1 Å². The number of hydrogen-bond acceptors (Lipinski definition) is 6.